The molecular formula is C15H21N3O2. The normalized spacial score (nSPS) is 17.8. The molecule has 1 aromatic rings. The molecule has 3 N–H and O–H groups in total. The molecule has 1 heterocycles. The van der Waals surface area contributed by atoms with Crippen molar-refractivity contribution in [2.24, 2.45) is 5.92 Å². The maximum atomic E-state index is 11.9. The number of hydrogen-bond donors (Lipinski definition) is 3. The van der Waals surface area contributed by atoms with Gasteiger partial charge in [0.2, 0.25) is 11.8 Å². The van der Waals surface area contributed by atoms with Gasteiger partial charge in [-0.2, -0.15) is 0 Å². The largest absolute Gasteiger partial charge is 0.326 e. The summed E-state index contributed by atoms with van der Waals surface area (Å²) in [7, 11) is 0. The molecule has 1 unspecified atom stereocenters. The van der Waals surface area contributed by atoms with Gasteiger partial charge in [-0.15, -0.1) is 0 Å². The molecule has 1 aromatic carbocycles. The average molecular weight is 275 g/mol. The summed E-state index contributed by atoms with van der Waals surface area (Å²) in [5.41, 5.74) is 1.50. The lowest BCUT2D eigenvalue weighted by Crippen LogP contribution is -2.18. The van der Waals surface area contributed by atoms with Crippen molar-refractivity contribution in [3.8, 4) is 0 Å². The van der Waals surface area contributed by atoms with Gasteiger partial charge in [0.25, 0.3) is 0 Å². The number of anilines is 2. The van der Waals surface area contributed by atoms with Gasteiger partial charge in [0.1, 0.15) is 0 Å². The first kappa shape index (κ1) is 14.5. The van der Waals surface area contributed by atoms with Crippen LogP contribution in [-0.2, 0) is 9.59 Å². The molecule has 5 heteroatoms. The number of hydrogen-bond acceptors (Lipinski definition) is 3. The summed E-state index contributed by atoms with van der Waals surface area (Å²) >= 11 is 0. The van der Waals surface area contributed by atoms with Crippen LogP contribution in [-0.4, -0.2) is 24.9 Å². The standard InChI is InChI=1S/C15H21N3O2/c1-2-14(19)17-12-3-5-13(6-4-12)18-15(20)9-11-7-8-16-10-11/h3-6,11,16H,2,7-10H2,1H3,(H,17,19)(H,18,20). The van der Waals surface area contributed by atoms with Crippen molar-refractivity contribution in [3.63, 3.8) is 0 Å². The lowest BCUT2D eigenvalue weighted by Gasteiger charge is -2.10. The number of carbonyl (C=O) groups excluding carboxylic acids is 2. The molecule has 0 aliphatic carbocycles. The molecule has 20 heavy (non-hydrogen) atoms. The molecule has 1 saturated heterocycles. The first-order chi connectivity index (χ1) is 9.67. The lowest BCUT2D eigenvalue weighted by molar-refractivity contribution is -0.117. The van der Waals surface area contributed by atoms with Crippen LogP contribution >= 0.6 is 0 Å². The topological polar surface area (TPSA) is 70.2 Å². The fourth-order valence-corrected chi connectivity index (χ4v) is 2.25. The lowest BCUT2D eigenvalue weighted by atomic mass is 10.0. The average Bonchev–Trinajstić information content (AvgIpc) is 2.93. The van der Waals surface area contributed by atoms with Crippen molar-refractivity contribution in [1.82, 2.24) is 5.32 Å². The fourth-order valence-electron chi connectivity index (χ4n) is 2.25. The number of nitrogens with one attached hydrogen (secondary N) is 3. The Bertz CT molecular complexity index is 465. The van der Waals surface area contributed by atoms with E-state index in [-0.39, 0.29) is 11.8 Å². The van der Waals surface area contributed by atoms with Crippen LogP contribution in [0, 0.1) is 5.92 Å². The summed E-state index contributed by atoms with van der Waals surface area (Å²) in [5, 5.41) is 8.91. The Kier molecular flexibility index (Phi) is 5.12. The molecule has 1 aliphatic heterocycles. The van der Waals surface area contributed by atoms with E-state index in [0.717, 1.165) is 30.9 Å². The van der Waals surface area contributed by atoms with Gasteiger partial charge in [-0.05, 0) is 49.7 Å². The van der Waals surface area contributed by atoms with Crippen molar-refractivity contribution in [1.29, 1.82) is 0 Å². The third-order valence-electron chi connectivity index (χ3n) is 3.41. The van der Waals surface area contributed by atoms with Gasteiger partial charge in [0.15, 0.2) is 0 Å². The molecule has 2 amide bonds. The zero-order valence-electron chi connectivity index (χ0n) is 11.7. The van der Waals surface area contributed by atoms with Crippen LogP contribution in [0.2, 0.25) is 0 Å². The van der Waals surface area contributed by atoms with E-state index in [2.05, 4.69) is 16.0 Å². The van der Waals surface area contributed by atoms with E-state index in [4.69, 9.17) is 0 Å². The summed E-state index contributed by atoms with van der Waals surface area (Å²) < 4.78 is 0. The Hall–Kier alpha value is -1.88. The summed E-state index contributed by atoms with van der Waals surface area (Å²) in [6, 6.07) is 7.19. The van der Waals surface area contributed by atoms with E-state index in [0.29, 0.717) is 18.8 Å². The van der Waals surface area contributed by atoms with Gasteiger partial charge in [0, 0.05) is 24.2 Å². The SMILES string of the molecule is CCC(=O)Nc1ccc(NC(=O)CC2CCNC2)cc1. The van der Waals surface area contributed by atoms with Gasteiger partial charge in [-0.25, -0.2) is 0 Å². The summed E-state index contributed by atoms with van der Waals surface area (Å²) in [6.07, 6.45) is 2.07. The van der Waals surface area contributed by atoms with E-state index in [1.807, 2.05) is 6.92 Å². The van der Waals surface area contributed by atoms with Gasteiger partial charge in [-0.1, -0.05) is 6.92 Å². The molecule has 2 rings (SSSR count). The Balaban J connectivity index is 1.83. The van der Waals surface area contributed by atoms with Crippen molar-refractivity contribution in [2.75, 3.05) is 23.7 Å². The minimum atomic E-state index is -0.0180. The maximum absolute atomic E-state index is 11.9. The summed E-state index contributed by atoms with van der Waals surface area (Å²) in [4.78, 5) is 23.1. The predicted octanol–water partition coefficient (Wildman–Crippen LogP) is 1.97. The zero-order chi connectivity index (χ0) is 14.4. The Morgan fingerprint density at radius 2 is 1.75 bits per heavy atom. The van der Waals surface area contributed by atoms with E-state index in [1.165, 1.54) is 0 Å². The first-order valence-corrected chi connectivity index (χ1v) is 7.08. The fraction of sp³-hybridized carbons (Fsp3) is 0.467. The highest BCUT2D eigenvalue weighted by Crippen LogP contribution is 2.16. The molecule has 108 valence electrons. The Morgan fingerprint density at radius 3 is 2.25 bits per heavy atom. The van der Waals surface area contributed by atoms with E-state index >= 15 is 0 Å². The second kappa shape index (κ2) is 7.05. The van der Waals surface area contributed by atoms with E-state index in [1.54, 1.807) is 24.3 Å². The van der Waals surface area contributed by atoms with E-state index in [9.17, 15) is 9.59 Å². The molecule has 0 radical (unpaired) electrons. The first-order valence-electron chi connectivity index (χ1n) is 7.08. The van der Waals surface area contributed by atoms with Gasteiger partial charge in [-0.3, -0.25) is 9.59 Å². The number of rotatable bonds is 5. The van der Waals surface area contributed by atoms with Crippen LogP contribution in [0.25, 0.3) is 0 Å². The Labute approximate surface area is 119 Å². The highest BCUT2D eigenvalue weighted by molar-refractivity contribution is 5.92. The van der Waals surface area contributed by atoms with Crippen molar-refractivity contribution >= 4 is 23.2 Å². The maximum Gasteiger partial charge on any atom is 0.224 e. The molecule has 0 bridgehead atoms. The van der Waals surface area contributed by atoms with Gasteiger partial charge < -0.3 is 16.0 Å². The number of carbonyl (C=O) groups is 2. The van der Waals surface area contributed by atoms with Crippen LogP contribution in [0.3, 0.4) is 0 Å². The minimum Gasteiger partial charge on any atom is -0.326 e. The molecular weight excluding hydrogens is 254 g/mol. The molecule has 1 atom stereocenters. The number of benzene rings is 1. The second-order valence-electron chi connectivity index (χ2n) is 5.09. The second-order valence-corrected chi connectivity index (χ2v) is 5.09. The highest BCUT2D eigenvalue weighted by Gasteiger charge is 2.17. The number of amides is 2. The van der Waals surface area contributed by atoms with Crippen LogP contribution < -0.4 is 16.0 Å². The minimum absolute atomic E-state index is 0.0180. The quantitative estimate of drug-likeness (QED) is 0.769. The molecule has 5 nitrogen and oxygen atoms in total. The molecule has 1 aliphatic rings. The third-order valence-corrected chi connectivity index (χ3v) is 3.41. The third kappa shape index (κ3) is 4.35. The van der Waals surface area contributed by atoms with E-state index < -0.39 is 0 Å². The highest BCUT2D eigenvalue weighted by atomic mass is 16.2. The smallest absolute Gasteiger partial charge is 0.224 e. The van der Waals surface area contributed by atoms with Crippen LogP contribution in [0.5, 0.6) is 0 Å². The Morgan fingerprint density at radius 1 is 1.15 bits per heavy atom. The predicted molar refractivity (Wildman–Crippen MR) is 79.6 cm³/mol. The summed E-state index contributed by atoms with van der Waals surface area (Å²) in [5.74, 6) is 0.470. The molecule has 0 aromatic heterocycles. The van der Waals surface area contributed by atoms with Crippen LogP contribution in [0.15, 0.2) is 24.3 Å². The van der Waals surface area contributed by atoms with Crippen molar-refractivity contribution < 1.29 is 9.59 Å². The van der Waals surface area contributed by atoms with Crippen molar-refractivity contribution in [3.05, 3.63) is 24.3 Å². The zero-order valence-corrected chi connectivity index (χ0v) is 11.7. The molecule has 1 fully saturated rings. The monoisotopic (exact) mass is 275 g/mol. The molecule has 0 spiro atoms. The van der Waals surface area contributed by atoms with Crippen molar-refractivity contribution in [2.45, 2.75) is 26.2 Å². The van der Waals surface area contributed by atoms with Crippen LogP contribution in [0.1, 0.15) is 26.2 Å². The van der Waals surface area contributed by atoms with Gasteiger partial charge in [0.05, 0.1) is 0 Å². The molecule has 0 saturated carbocycles. The van der Waals surface area contributed by atoms with Gasteiger partial charge >= 0.3 is 0 Å². The van der Waals surface area contributed by atoms with Crippen LogP contribution in [0.4, 0.5) is 11.4 Å². The summed E-state index contributed by atoms with van der Waals surface area (Å²) in [6.45, 7) is 3.74.